The Morgan fingerprint density at radius 3 is 2.50 bits per heavy atom. The average molecular weight is 199 g/mol. The first-order valence-corrected chi connectivity index (χ1v) is 5.53. The van der Waals surface area contributed by atoms with Crippen LogP contribution in [0.1, 0.15) is 45.4 Å². The van der Waals surface area contributed by atoms with E-state index < -0.39 is 0 Å². The molecule has 0 aliphatic heterocycles. The van der Waals surface area contributed by atoms with Crippen LogP contribution in [-0.4, -0.2) is 12.1 Å². The highest BCUT2D eigenvalue weighted by Crippen LogP contribution is 2.27. The van der Waals surface area contributed by atoms with E-state index in [0.717, 1.165) is 18.8 Å². The first-order chi connectivity index (χ1) is 6.76. The van der Waals surface area contributed by atoms with Crippen molar-refractivity contribution in [3.05, 3.63) is 0 Å². The summed E-state index contributed by atoms with van der Waals surface area (Å²) in [7, 11) is 0. The number of nitrogens with one attached hydrogen (secondary N) is 2. The third kappa shape index (κ3) is 3.54. The number of urea groups is 1. The first-order valence-electron chi connectivity index (χ1n) is 5.53. The Hall–Kier alpha value is -0.770. The molecule has 0 aromatic heterocycles. The van der Waals surface area contributed by atoms with Gasteiger partial charge < -0.3 is 5.32 Å². The normalized spacial score (nSPS) is 27.0. The van der Waals surface area contributed by atoms with Gasteiger partial charge in [0.05, 0.1) is 0 Å². The molecule has 0 heterocycles. The fourth-order valence-electron chi connectivity index (χ4n) is 2.23. The zero-order chi connectivity index (χ0) is 10.4. The number of rotatable bonds is 3. The lowest BCUT2D eigenvalue weighted by molar-refractivity contribution is 0.225. The molecule has 0 atom stereocenters. The van der Waals surface area contributed by atoms with Gasteiger partial charge in [-0.3, -0.25) is 5.43 Å². The number of hydrogen-bond acceptors (Lipinski definition) is 2. The highest BCUT2D eigenvalue weighted by molar-refractivity contribution is 5.73. The molecule has 14 heavy (non-hydrogen) atoms. The van der Waals surface area contributed by atoms with Crippen molar-refractivity contribution in [3.8, 4) is 0 Å². The predicted molar refractivity (Wildman–Crippen MR) is 56.5 cm³/mol. The molecule has 0 saturated heterocycles. The Morgan fingerprint density at radius 2 is 2.00 bits per heavy atom. The van der Waals surface area contributed by atoms with Crippen LogP contribution in [-0.2, 0) is 0 Å². The van der Waals surface area contributed by atoms with E-state index in [2.05, 4.69) is 17.7 Å². The molecule has 4 N–H and O–H groups in total. The topological polar surface area (TPSA) is 67.2 Å². The highest BCUT2D eigenvalue weighted by Gasteiger charge is 2.21. The first kappa shape index (κ1) is 11.3. The zero-order valence-corrected chi connectivity index (χ0v) is 8.88. The van der Waals surface area contributed by atoms with Gasteiger partial charge in [0.2, 0.25) is 0 Å². The van der Waals surface area contributed by atoms with Gasteiger partial charge in [-0.05, 0) is 31.6 Å². The third-order valence-electron chi connectivity index (χ3n) is 3.01. The van der Waals surface area contributed by atoms with E-state index in [1.807, 2.05) is 0 Å². The molecule has 0 aromatic rings. The van der Waals surface area contributed by atoms with E-state index in [0.29, 0.717) is 6.04 Å². The summed E-state index contributed by atoms with van der Waals surface area (Å²) in [5.41, 5.74) is 2.10. The molecule has 4 heteroatoms. The minimum absolute atomic E-state index is 0.260. The van der Waals surface area contributed by atoms with E-state index in [1.165, 1.54) is 25.7 Å². The Bertz CT molecular complexity index is 176. The summed E-state index contributed by atoms with van der Waals surface area (Å²) in [5.74, 6) is 5.88. The van der Waals surface area contributed by atoms with Gasteiger partial charge in [-0.1, -0.05) is 19.8 Å². The van der Waals surface area contributed by atoms with Gasteiger partial charge in [0.15, 0.2) is 0 Å². The van der Waals surface area contributed by atoms with Crippen molar-refractivity contribution in [3.63, 3.8) is 0 Å². The lowest BCUT2D eigenvalue weighted by Crippen LogP contribution is -2.46. The van der Waals surface area contributed by atoms with Crippen molar-refractivity contribution in [2.45, 2.75) is 51.5 Å². The summed E-state index contributed by atoms with van der Waals surface area (Å²) >= 11 is 0. The van der Waals surface area contributed by atoms with Crippen LogP contribution in [0, 0.1) is 5.92 Å². The Balaban J connectivity index is 2.18. The predicted octanol–water partition coefficient (Wildman–Crippen LogP) is 1.52. The largest absolute Gasteiger partial charge is 0.334 e. The van der Waals surface area contributed by atoms with Gasteiger partial charge >= 0.3 is 6.03 Å². The molecule has 4 nitrogen and oxygen atoms in total. The van der Waals surface area contributed by atoms with Gasteiger partial charge in [-0.25, -0.2) is 10.6 Å². The fraction of sp³-hybridized carbons (Fsp3) is 0.900. The number of hydrogen-bond donors (Lipinski definition) is 3. The van der Waals surface area contributed by atoms with Crippen LogP contribution in [0.15, 0.2) is 0 Å². The highest BCUT2D eigenvalue weighted by atomic mass is 16.2. The Labute approximate surface area is 85.6 Å². The number of carbonyl (C=O) groups excluding carboxylic acids is 1. The lowest BCUT2D eigenvalue weighted by Gasteiger charge is -2.28. The Kier molecular flexibility index (Phi) is 4.73. The molecule has 0 aromatic carbocycles. The van der Waals surface area contributed by atoms with Crippen LogP contribution in [0.3, 0.4) is 0 Å². The molecule has 1 saturated carbocycles. The zero-order valence-electron chi connectivity index (χ0n) is 8.88. The molecule has 82 valence electrons. The maximum absolute atomic E-state index is 10.9. The van der Waals surface area contributed by atoms with Crippen LogP contribution >= 0.6 is 0 Å². The second kappa shape index (κ2) is 5.86. The van der Waals surface area contributed by atoms with Gasteiger partial charge in [0.25, 0.3) is 0 Å². The molecule has 0 spiro atoms. The second-order valence-electron chi connectivity index (χ2n) is 4.12. The monoisotopic (exact) mass is 199 g/mol. The summed E-state index contributed by atoms with van der Waals surface area (Å²) in [6.45, 7) is 2.23. The SMILES string of the molecule is CCCC1CCC(NC(=O)NN)CC1. The minimum atomic E-state index is -0.260. The van der Waals surface area contributed by atoms with Crippen LogP contribution in [0.5, 0.6) is 0 Å². The van der Waals surface area contributed by atoms with Crippen molar-refractivity contribution in [1.82, 2.24) is 10.7 Å². The van der Waals surface area contributed by atoms with Crippen LogP contribution in [0.2, 0.25) is 0 Å². The summed E-state index contributed by atoms with van der Waals surface area (Å²) in [6.07, 6.45) is 7.27. The summed E-state index contributed by atoms with van der Waals surface area (Å²) in [6, 6.07) is 0.0654. The molecule has 2 amide bonds. The van der Waals surface area contributed by atoms with E-state index >= 15 is 0 Å². The maximum Gasteiger partial charge on any atom is 0.329 e. The smallest absolute Gasteiger partial charge is 0.329 e. The number of amides is 2. The van der Waals surface area contributed by atoms with Gasteiger partial charge in [-0.2, -0.15) is 0 Å². The van der Waals surface area contributed by atoms with Crippen LogP contribution < -0.4 is 16.6 Å². The number of carbonyl (C=O) groups is 1. The van der Waals surface area contributed by atoms with Crippen molar-refractivity contribution >= 4 is 6.03 Å². The molecule has 1 rings (SSSR count). The molecular weight excluding hydrogens is 178 g/mol. The van der Waals surface area contributed by atoms with E-state index in [1.54, 1.807) is 0 Å². The third-order valence-corrected chi connectivity index (χ3v) is 3.01. The second-order valence-corrected chi connectivity index (χ2v) is 4.12. The van der Waals surface area contributed by atoms with Gasteiger partial charge in [0.1, 0.15) is 0 Å². The van der Waals surface area contributed by atoms with E-state index in [9.17, 15) is 4.79 Å². The van der Waals surface area contributed by atoms with E-state index in [-0.39, 0.29) is 6.03 Å². The molecule has 0 unspecified atom stereocenters. The minimum Gasteiger partial charge on any atom is -0.334 e. The number of hydrazine groups is 1. The standard InChI is InChI=1S/C10H21N3O/c1-2-3-8-4-6-9(7-5-8)12-10(14)13-11/h8-9H,2-7,11H2,1H3,(H2,12,13,14). The Morgan fingerprint density at radius 1 is 1.36 bits per heavy atom. The summed E-state index contributed by atoms with van der Waals surface area (Å²) < 4.78 is 0. The summed E-state index contributed by atoms with van der Waals surface area (Å²) in [4.78, 5) is 10.9. The van der Waals surface area contributed by atoms with Gasteiger partial charge in [-0.15, -0.1) is 0 Å². The van der Waals surface area contributed by atoms with Crippen LogP contribution in [0.4, 0.5) is 4.79 Å². The van der Waals surface area contributed by atoms with Gasteiger partial charge in [0, 0.05) is 6.04 Å². The van der Waals surface area contributed by atoms with Crippen LogP contribution in [0.25, 0.3) is 0 Å². The summed E-state index contributed by atoms with van der Waals surface area (Å²) in [5, 5.41) is 2.86. The van der Waals surface area contributed by atoms with Crippen molar-refractivity contribution in [1.29, 1.82) is 0 Å². The molecule has 0 radical (unpaired) electrons. The van der Waals surface area contributed by atoms with Crippen molar-refractivity contribution < 1.29 is 4.79 Å². The molecule has 1 aliphatic carbocycles. The average Bonchev–Trinajstić information content (AvgIpc) is 2.21. The van der Waals surface area contributed by atoms with E-state index in [4.69, 9.17) is 5.84 Å². The molecule has 0 bridgehead atoms. The fourth-order valence-corrected chi connectivity index (χ4v) is 2.23. The lowest BCUT2D eigenvalue weighted by atomic mass is 9.83. The molecular formula is C10H21N3O. The quantitative estimate of drug-likeness (QED) is 0.366. The number of nitrogens with two attached hydrogens (primary N) is 1. The molecule has 1 aliphatic rings. The maximum atomic E-state index is 10.9. The van der Waals surface area contributed by atoms with Crippen molar-refractivity contribution in [2.75, 3.05) is 0 Å². The molecule has 1 fully saturated rings. The van der Waals surface area contributed by atoms with Crippen molar-refractivity contribution in [2.24, 2.45) is 11.8 Å².